The van der Waals surface area contributed by atoms with Gasteiger partial charge in [-0.1, -0.05) is 23.8 Å². The third-order valence-electron chi connectivity index (χ3n) is 7.82. The van der Waals surface area contributed by atoms with Gasteiger partial charge in [0.2, 0.25) is 11.8 Å². The molecule has 1 saturated heterocycles. The Labute approximate surface area is 192 Å². The lowest BCUT2D eigenvalue weighted by Gasteiger charge is -2.42. The minimum atomic E-state index is -0.512. The van der Waals surface area contributed by atoms with Crippen LogP contribution in [-0.2, 0) is 19.2 Å². The maximum atomic E-state index is 13.3. The van der Waals surface area contributed by atoms with Gasteiger partial charge in [0.05, 0.1) is 11.8 Å². The molecule has 1 N–H and O–H groups in total. The largest absolute Gasteiger partial charge is 0.507 e. The second-order valence-corrected chi connectivity index (χ2v) is 9.65. The number of hydrogen-bond acceptors (Lipinski definition) is 5. The van der Waals surface area contributed by atoms with Crippen LogP contribution in [0.5, 0.6) is 5.75 Å². The molecule has 0 spiro atoms. The summed E-state index contributed by atoms with van der Waals surface area (Å²) in [4.78, 5) is 53.9. The van der Waals surface area contributed by atoms with E-state index in [1.807, 2.05) is 32.1 Å². The number of nitrogens with zero attached hydrogens (tertiary/aromatic N) is 1. The van der Waals surface area contributed by atoms with Gasteiger partial charge in [-0.15, -0.1) is 0 Å². The summed E-state index contributed by atoms with van der Waals surface area (Å²) >= 11 is 0. The molecule has 1 fully saturated rings. The maximum Gasteiger partial charge on any atom is 0.233 e. The number of phenols is 1. The highest BCUT2D eigenvalue weighted by atomic mass is 16.3. The van der Waals surface area contributed by atoms with Gasteiger partial charge in [0.15, 0.2) is 11.6 Å². The van der Waals surface area contributed by atoms with Crippen LogP contribution in [0.25, 0.3) is 0 Å². The van der Waals surface area contributed by atoms with Crippen molar-refractivity contribution in [2.24, 2.45) is 17.8 Å². The van der Waals surface area contributed by atoms with Crippen molar-refractivity contribution in [3.05, 3.63) is 63.3 Å². The minimum Gasteiger partial charge on any atom is -0.507 e. The normalized spacial score (nSPS) is 29.0. The smallest absolute Gasteiger partial charge is 0.233 e. The molecule has 170 valence electrons. The minimum absolute atomic E-state index is 0.141. The quantitative estimate of drug-likeness (QED) is 0.428. The van der Waals surface area contributed by atoms with E-state index in [4.69, 9.17) is 0 Å². The van der Waals surface area contributed by atoms with Gasteiger partial charge in [0.1, 0.15) is 5.75 Å². The molecule has 1 heterocycles. The van der Waals surface area contributed by atoms with Crippen LogP contribution in [0.15, 0.2) is 46.6 Å². The number of Topliss-reactive ketones (excluding diaryl/α,β-unsaturated/α-hetero) is 1. The van der Waals surface area contributed by atoms with Crippen molar-refractivity contribution >= 4 is 23.4 Å². The Bertz CT molecular complexity index is 1220. The third-order valence-corrected chi connectivity index (χ3v) is 7.82. The number of rotatable bonds is 2. The number of phenolic OH excluding ortho intramolecular Hbond substituents is 1. The number of ketones is 2. The van der Waals surface area contributed by atoms with Gasteiger partial charge < -0.3 is 5.11 Å². The molecule has 1 aromatic rings. The summed E-state index contributed by atoms with van der Waals surface area (Å²) in [6.45, 7) is 7.39. The molecule has 0 bridgehead atoms. The number of carbonyl (C=O) groups is 4. The number of benzene rings is 1. The van der Waals surface area contributed by atoms with Crippen molar-refractivity contribution in [2.75, 3.05) is 6.54 Å². The van der Waals surface area contributed by atoms with Crippen molar-refractivity contribution in [1.29, 1.82) is 0 Å². The maximum absolute atomic E-state index is 13.3. The molecule has 33 heavy (non-hydrogen) atoms. The highest BCUT2D eigenvalue weighted by Gasteiger charge is 2.55. The molecule has 4 unspecified atom stereocenters. The Balaban J connectivity index is 1.72. The average Bonchev–Trinajstić information content (AvgIpc) is 3.03. The Morgan fingerprint density at radius 3 is 2.30 bits per heavy atom. The lowest BCUT2D eigenvalue weighted by Crippen LogP contribution is -2.39. The standard InChI is InChI=1S/C27H27NO5/c1-5-28-26(32)17-7-6-16-18(22(17)27(28)33)11-19-23(20(29)10-14(4)25(19)31)21(16)15-8-12(2)24(30)13(3)9-15/h6,8-10,17-18,21-22,30H,5,7,11H2,1-4H3. The van der Waals surface area contributed by atoms with Crippen LogP contribution >= 0.6 is 0 Å². The summed E-state index contributed by atoms with van der Waals surface area (Å²) in [7, 11) is 0. The van der Waals surface area contributed by atoms with Crippen LogP contribution in [0.4, 0.5) is 0 Å². The van der Waals surface area contributed by atoms with Crippen molar-refractivity contribution < 1.29 is 24.3 Å². The van der Waals surface area contributed by atoms with E-state index in [9.17, 15) is 24.3 Å². The van der Waals surface area contributed by atoms with E-state index in [0.717, 1.165) is 11.1 Å². The molecule has 0 radical (unpaired) electrons. The summed E-state index contributed by atoms with van der Waals surface area (Å²) in [5.41, 5.74) is 4.48. The Kier molecular flexibility index (Phi) is 4.82. The number of hydrogen-bond donors (Lipinski definition) is 1. The first-order valence-electron chi connectivity index (χ1n) is 11.5. The summed E-state index contributed by atoms with van der Waals surface area (Å²) in [6, 6.07) is 3.71. The molecule has 4 aliphatic rings. The predicted molar refractivity (Wildman–Crippen MR) is 121 cm³/mol. The van der Waals surface area contributed by atoms with Crippen molar-refractivity contribution in [3.8, 4) is 5.75 Å². The lowest BCUT2D eigenvalue weighted by atomic mass is 9.59. The van der Waals surface area contributed by atoms with Crippen LogP contribution in [0.3, 0.4) is 0 Å². The van der Waals surface area contributed by atoms with E-state index in [-0.39, 0.29) is 35.0 Å². The van der Waals surface area contributed by atoms with Crippen LogP contribution < -0.4 is 0 Å². The first kappa shape index (κ1) is 21.6. The number of amides is 2. The summed E-state index contributed by atoms with van der Waals surface area (Å²) in [6.07, 6.45) is 4.17. The fraction of sp³-hybridized carbons (Fsp3) is 0.407. The van der Waals surface area contributed by atoms with E-state index in [1.54, 1.807) is 13.8 Å². The second kappa shape index (κ2) is 7.37. The highest BCUT2D eigenvalue weighted by Crippen LogP contribution is 2.55. The number of likely N-dealkylation sites (tertiary alicyclic amines) is 1. The number of fused-ring (bicyclic) bond motifs is 3. The van der Waals surface area contributed by atoms with E-state index in [1.165, 1.54) is 11.0 Å². The average molecular weight is 446 g/mol. The molecular weight excluding hydrogens is 418 g/mol. The SMILES string of the molecule is CCN1C(=O)C2CC=C3C(c4cc(C)c(O)c(C)c4)C4=C(CC3C2C1=O)C(=O)C(C)=CC4=O. The Morgan fingerprint density at radius 2 is 1.67 bits per heavy atom. The van der Waals surface area contributed by atoms with Gasteiger partial charge in [-0.2, -0.15) is 0 Å². The number of allylic oxidation sites excluding steroid dienone is 6. The highest BCUT2D eigenvalue weighted by molar-refractivity contribution is 6.23. The lowest BCUT2D eigenvalue weighted by molar-refractivity contribution is -0.139. The van der Waals surface area contributed by atoms with Gasteiger partial charge in [-0.05, 0) is 69.2 Å². The molecule has 5 rings (SSSR count). The molecule has 0 saturated carbocycles. The van der Waals surface area contributed by atoms with Crippen LogP contribution in [-0.4, -0.2) is 39.9 Å². The number of imide groups is 1. The first-order chi connectivity index (χ1) is 15.6. The first-order valence-corrected chi connectivity index (χ1v) is 11.5. The third kappa shape index (κ3) is 2.93. The second-order valence-electron chi connectivity index (χ2n) is 9.65. The van der Waals surface area contributed by atoms with Crippen LogP contribution in [0, 0.1) is 31.6 Å². The van der Waals surface area contributed by atoms with Gasteiger partial charge in [-0.25, -0.2) is 0 Å². The van der Waals surface area contributed by atoms with E-state index >= 15 is 0 Å². The molecule has 1 aliphatic heterocycles. The molecule has 4 atom stereocenters. The van der Waals surface area contributed by atoms with Crippen molar-refractivity contribution in [3.63, 3.8) is 0 Å². The van der Waals surface area contributed by atoms with Gasteiger partial charge in [0.25, 0.3) is 0 Å². The molecular formula is C27H27NO5. The predicted octanol–water partition coefficient (Wildman–Crippen LogP) is 3.46. The zero-order chi connectivity index (χ0) is 23.8. The number of aromatic hydroxyl groups is 1. The fourth-order valence-electron chi connectivity index (χ4n) is 6.29. The summed E-state index contributed by atoms with van der Waals surface area (Å²) < 4.78 is 0. The Hall–Kier alpha value is -3.28. The van der Waals surface area contributed by atoms with Crippen LogP contribution in [0.2, 0.25) is 0 Å². The number of carbonyl (C=O) groups excluding carboxylic acids is 4. The molecule has 6 nitrogen and oxygen atoms in total. The van der Waals surface area contributed by atoms with Crippen molar-refractivity contribution in [1.82, 2.24) is 4.90 Å². The van der Waals surface area contributed by atoms with Gasteiger partial charge >= 0.3 is 0 Å². The van der Waals surface area contributed by atoms with Crippen LogP contribution in [0.1, 0.15) is 49.3 Å². The molecule has 0 aromatic heterocycles. The zero-order valence-electron chi connectivity index (χ0n) is 19.3. The molecule has 1 aromatic carbocycles. The van der Waals surface area contributed by atoms with Gasteiger partial charge in [-0.3, -0.25) is 24.1 Å². The number of aryl methyl sites for hydroxylation is 2. The van der Waals surface area contributed by atoms with E-state index in [0.29, 0.717) is 47.2 Å². The molecule has 2 amide bonds. The summed E-state index contributed by atoms with van der Waals surface area (Å²) in [5, 5.41) is 10.3. The van der Waals surface area contributed by atoms with E-state index < -0.39 is 17.8 Å². The van der Waals surface area contributed by atoms with Crippen molar-refractivity contribution in [2.45, 2.75) is 46.5 Å². The summed E-state index contributed by atoms with van der Waals surface area (Å²) in [5.74, 6) is -2.16. The molecule has 6 heteroatoms. The van der Waals surface area contributed by atoms with Gasteiger partial charge in [0, 0.05) is 29.2 Å². The molecule has 3 aliphatic carbocycles. The topological polar surface area (TPSA) is 91.8 Å². The monoisotopic (exact) mass is 445 g/mol. The zero-order valence-corrected chi connectivity index (χ0v) is 19.3. The van der Waals surface area contributed by atoms with E-state index in [2.05, 4.69) is 0 Å². The fourth-order valence-corrected chi connectivity index (χ4v) is 6.29. The Morgan fingerprint density at radius 1 is 1.00 bits per heavy atom.